The molecule has 0 aliphatic heterocycles. The summed E-state index contributed by atoms with van der Waals surface area (Å²) in [5, 5.41) is 11.3. The molecule has 146 valence electrons. The number of aryl methyl sites for hydroxylation is 2. The molecule has 0 bridgehead atoms. The third-order valence-corrected chi connectivity index (χ3v) is 7.04. The fourth-order valence-corrected chi connectivity index (χ4v) is 5.15. The zero-order valence-corrected chi connectivity index (χ0v) is 17.8. The van der Waals surface area contributed by atoms with E-state index >= 15 is 0 Å². The van der Waals surface area contributed by atoms with Gasteiger partial charge in [0, 0.05) is 10.6 Å². The molecule has 5 nitrogen and oxygen atoms in total. The van der Waals surface area contributed by atoms with Crippen molar-refractivity contribution < 1.29 is 9.21 Å². The van der Waals surface area contributed by atoms with Gasteiger partial charge in [-0.15, -0.1) is 21.5 Å². The first-order chi connectivity index (χ1) is 13.5. The van der Waals surface area contributed by atoms with Gasteiger partial charge in [-0.2, -0.15) is 0 Å². The molecule has 1 aliphatic rings. The van der Waals surface area contributed by atoms with Gasteiger partial charge in [-0.25, -0.2) is 0 Å². The van der Waals surface area contributed by atoms with Crippen LogP contribution >= 0.6 is 23.1 Å². The molecule has 1 aliphatic carbocycles. The van der Waals surface area contributed by atoms with Crippen molar-refractivity contribution in [2.75, 3.05) is 5.32 Å². The summed E-state index contributed by atoms with van der Waals surface area (Å²) >= 11 is 3.03. The molecule has 0 unspecified atom stereocenters. The molecule has 28 heavy (non-hydrogen) atoms. The van der Waals surface area contributed by atoms with Crippen molar-refractivity contribution in [1.82, 2.24) is 10.2 Å². The zero-order chi connectivity index (χ0) is 19.7. The van der Waals surface area contributed by atoms with E-state index in [2.05, 4.69) is 28.5 Å². The van der Waals surface area contributed by atoms with E-state index < -0.39 is 0 Å². The van der Waals surface area contributed by atoms with E-state index in [9.17, 15) is 4.79 Å². The highest BCUT2D eigenvalue weighted by molar-refractivity contribution is 8.00. The molecule has 0 radical (unpaired) electrons. The van der Waals surface area contributed by atoms with Gasteiger partial charge in [-0.3, -0.25) is 4.79 Å². The fraction of sp³-hybridized carbons (Fsp3) is 0.381. The van der Waals surface area contributed by atoms with Crippen LogP contribution in [0.3, 0.4) is 0 Å². The van der Waals surface area contributed by atoms with Crippen LogP contribution in [0.2, 0.25) is 0 Å². The highest BCUT2D eigenvalue weighted by atomic mass is 32.2. The highest BCUT2D eigenvalue weighted by Gasteiger charge is 2.22. The predicted octanol–water partition coefficient (Wildman–Crippen LogP) is 5.35. The van der Waals surface area contributed by atoms with Gasteiger partial charge in [0.05, 0.1) is 10.1 Å². The average Bonchev–Trinajstić information content (AvgIpc) is 3.27. The molecule has 0 fully saturated rings. The van der Waals surface area contributed by atoms with Crippen molar-refractivity contribution in [2.24, 2.45) is 5.92 Å². The minimum Gasteiger partial charge on any atom is -0.410 e. The molecular formula is C21H23N3O2S2. The normalized spacial score (nSPS) is 17.2. The van der Waals surface area contributed by atoms with Crippen LogP contribution in [-0.4, -0.2) is 21.4 Å². The third kappa shape index (κ3) is 4.31. The van der Waals surface area contributed by atoms with Crippen LogP contribution in [0.1, 0.15) is 36.3 Å². The Morgan fingerprint density at radius 1 is 1.36 bits per heavy atom. The van der Waals surface area contributed by atoms with E-state index in [4.69, 9.17) is 4.42 Å². The number of aromatic nitrogens is 2. The number of thioether (sulfide) groups is 1. The largest absolute Gasteiger partial charge is 0.410 e. The number of nitrogens with one attached hydrogen (secondary N) is 1. The van der Waals surface area contributed by atoms with Crippen LogP contribution in [0.5, 0.6) is 0 Å². The summed E-state index contributed by atoms with van der Waals surface area (Å²) in [6, 6.07) is 9.93. The van der Waals surface area contributed by atoms with Gasteiger partial charge in [0.15, 0.2) is 0 Å². The summed E-state index contributed by atoms with van der Waals surface area (Å²) in [5.74, 6) is 1.19. The molecular weight excluding hydrogens is 390 g/mol. The van der Waals surface area contributed by atoms with Gasteiger partial charge in [0.1, 0.15) is 0 Å². The van der Waals surface area contributed by atoms with Crippen LogP contribution < -0.4 is 5.32 Å². The first kappa shape index (κ1) is 19.2. The quantitative estimate of drug-likeness (QED) is 0.571. The number of thiophene rings is 1. The van der Waals surface area contributed by atoms with E-state index in [0.29, 0.717) is 11.1 Å². The number of carbonyl (C=O) groups excluding carboxylic acids is 1. The Hall–Kier alpha value is -2.12. The maximum atomic E-state index is 12.4. The third-order valence-electron chi connectivity index (χ3n) is 4.88. The molecule has 0 saturated carbocycles. The predicted molar refractivity (Wildman–Crippen MR) is 114 cm³/mol. The van der Waals surface area contributed by atoms with Crippen molar-refractivity contribution in [3.8, 4) is 10.8 Å². The van der Waals surface area contributed by atoms with E-state index in [1.807, 2.05) is 38.1 Å². The number of nitrogens with zero attached hydrogens (tertiary/aromatic N) is 2. The Morgan fingerprint density at radius 2 is 2.21 bits per heavy atom. The van der Waals surface area contributed by atoms with E-state index in [0.717, 1.165) is 34.9 Å². The maximum Gasteiger partial charge on any atom is 0.277 e. The Morgan fingerprint density at radius 3 is 3.04 bits per heavy atom. The second-order valence-electron chi connectivity index (χ2n) is 7.40. The molecule has 2 heterocycles. The Balaban J connectivity index is 1.41. The highest BCUT2D eigenvalue weighted by Crippen LogP contribution is 2.37. The summed E-state index contributed by atoms with van der Waals surface area (Å²) in [6.07, 6.45) is 3.50. The average molecular weight is 414 g/mol. The minimum absolute atomic E-state index is 0.0871. The molecule has 0 saturated heterocycles. The van der Waals surface area contributed by atoms with E-state index in [1.165, 1.54) is 28.6 Å². The van der Waals surface area contributed by atoms with Crippen molar-refractivity contribution in [3.63, 3.8) is 0 Å². The summed E-state index contributed by atoms with van der Waals surface area (Å²) in [7, 11) is 0. The van der Waals surface area contributed by atoms with Gasteiger partial charge in [-0.1, -0.05) is 30.8 Å². The summed E-state index contributed by atoms with van der Waals surface area (Å²) in [4.78, 5) is 14.9. The minimum atomic E-state index is -0.341. The molecule has 2 atom stereocenters. The van der Waals surface area contributed by atoms with Crippen molar-refractivity contribution in [3.05, 3.63) is 46.3 Å². The number of amides is 1. The first-order valence-electron chi connectivity index (χ1n) is 9.47. The van der Waals surface area contributed by atoms with Crippen molar-refractivity contribution in [2.45, 2.75) is 50.5 Å². The first-order valence-corrected chi connectivity index (χ1v) is 11.2. The van der Waals surface area contributed by atoms with Gasteiger partial charge >= 0.3 is 0 Å². The Bertz CT molecular complexity index is 995. The lowest BCUT2D eigenvalue weighted by atomic mass is 9.90. The van der Waals surface area contributed by atoms with Gasteiger partial charge < -0.3 is 9.73 Å². The number of carbonyl (C=O) groups is 1. The summed E-state index contributed by atoms with van der Waals surface area (Å²) in [5.41, 5.74) is 3.31. The second kappa shape index (κ2) is 8.09. The monoisotopic (exact) mass is 413 g/mol. The topological polar surface area (TPSA) is 68.0 Å². The number of hydrogen-bond acceptors (Lipinski definition) is 6. The summed E-state index contributed by atoms with van der Waals surface area (Å²) in [6.45, 7) is 6.13. The SMILES string of the molecule is Cc1cccc(NC(=O)[C@@H](C)Sc2nnc(-c3cc4c(s3)CC[C@@H](C)C4)o2)c1. The zero-order valence-electron chi connectivity index (χ0n) is 16.2. The molecule has 3 aromatic rings. The van der Waals surface area contributed by atoms with Crippen molar-refractivity contribution in [1.29, 1.82) is 0 Å². The molecule has 1 aromatic carbocycles. The number of benzene rings is 1. The van der Waals surface area contributed by atoms with Crippen LogP contribution in [0.25, 0.3) is 10.8 Å². The lowest BCUT2D eigenvalue weighted by molar-refractivity contribution is -0.115. The number of fused-ring (bicyclic) bond motifs is 1. The molecule has 7 heteroatoms. The van der Waals surface area contributed by atoms with Crippen LogP contribution in [0.4, 0.5) is 5.69 Å². The standard InChI is InChI=1S/C21H23N3O2S2/c1-12-5-4-6-16(10-12)22-19(25)14(3)27-21-24-23-20(26-21)18-11-15-9-13(2)7-8-17(15)28-18/h4-6,10-11,13-14H,7-9H2,1-3H3,(H,22,25)/t13-,14-/m1/s1. The Labute approximate surface area is 173 Å². The van der Waals surface area contributed by atoms with E-state index in [-0.39, 0.29) is 11.2 Å². The van der Waals surface area contributed by atoms with Gasteiger partial charge in [0.2, 0.25) is 5.91 Å². The van der Waals surface area contributed by atoms with Crippen LogP contribution in [0, 0.1) is 12.8 Å². The number of rotatable bonds is 5. The fourth-order valence-electron chi connectivity index (χ4n) is 3.34. The van der Waals surface area contributed by atoms with Gasteiger partial charge in [0.25, 0.3) is 11.1 Å². The second-order valence-corrected chi connectivity index (χ2v) is 9.83. The molecule has 0 spiro atoms. The van der Waals surface area contributed by atoms with Crippen LogP contribution in [0.15, 0.2) is 40.0 Å². The Kier molecular flexibility index (Phi) is 5.55. The smallest absolute Gasteiger partial charge is 0.277 e. The van der Waals surface area contributed by atoms with Crippen LogP contribution in [-0.2, 0) is 17.6 Å². The van der Waals surface area contributed by atoms with Crippen molar-refractivity contribution >= 4 is 34.7 Å². The summed E-state index contributed by atoms with van der Waals surface area (Å²) < 4.78 is 5.84. The lowest BCUT2D eigenvalue weighted by Gasteiger charge is -2.16. The molecule has 4 rings (SSSR count). The maximum absolute atomic E-state index is 12.4. The lowest BCUT2D eigenvalue weighted by Crippen LogP contribution is -2.22. The molecule has 2 aromatic heterocycles. The number of hydrogen-bond donors (Lipinski definition) is 1. The van der Waals surface area contributed by atoms with Gasteiger partial charge in [-0.05, 0) is 68.4 Å². The molecule has 1 N–H and O–H groups in total. The molecule has 1 amide bonds. The van der Waals surface area contributed by atoms with E-state index in [1.54, 1.807) is 11.3 Å². The number of anilines is 1.